The molecular weight excluding hydrogens is 222 g/mol. The monoisotopic (exact) mass is 245 g/mol. The number of aryl methyl sites for hydroxylation is 1. The molecule has 0 heterocycles. The Morgan fingerprint density at radius 1 is 1.39 bits per heavy atom. The van der Waals surface area contributed by atoms with Crippen LogP contribution >= 0.6 is 0 Å². The van der Waals surface area contributed by atoms with Gasteiger partial charge in [0.2, 0.25) is 0 Å². The molecule has 2 aliphatic rings. The Morgan fingerprint density at radius 3 is 2.83 bits per heavy atom. The lowest BCUT2D eigenvalue weighted by atomic mass is 9.51. The minimum Gasteiger partial charge on any atom is -0.382 e. The standard InChI is InChI=1S/C16H23NO/c1-3-18-15-11-14(16(15)8-5-9-16)17-13-7-4-6-12(2)10-13/h4,6-7,10,14-15,17H,3,5,8-9,11H2,1-2H3. The lowest BCUT2D eigenvalue weighted by Gasteiger charge is -2.61. The zero-order chi connectivity index (χ0) is 12.6. The summed E-state index contributed by atoms with van der Waals surface area (Å²) in [7, 11) is 0. The van der Waals surface area contributed by atoms with Crippen LogP contribution < -0.4 is 5.32 Å². The predicted octanol–water partition coefficient (Wildman–Crippen LogP) is 3.75. The molecule has 0 aliphatic heterocycles. The fraction of sp³-hybridized carbons (Fsp3) is 0.625. The average molecular weight is 245 g/mol. The maximum absolute atomic E-state index is 5.89. The van der Waals surface area contributed by atoms with E-state index >= 15 is 0 Å². The van der Waals surface area contributed by atoms with Gasteiger partial charge in [-0.15, -0.1) is 0 Å². The number of rotatable bonds is 4. The average Bonchev–Trinajstić information content (AvgIpc) is 2.25. The number of anilines is 1. The van der Waals surface area contributed by atoms with Crippen molar-refractivity contribution < 1.29 is 4.74 Å². The summed E-state index contributed by atoms with van der Waals surface area (Å²) in [5.74, 6) is 0. The van der Waals surface area contributed by atoms with Crippen molar-refractivity contribution in [2.24, 2.45) is 5.41 Å². The number of hydrogen-bond donors (Lipinski definition) is 1. The summed E-state index contributed by atoms with van der Waals surface area (Å²) < 4.78 is 5.89. The third-order valence-electron chi connectivity index (χ3n) is 4.80. The molecule has 3 rings (SSSR count). The van der Waals surface area contributed by atoms with Crippen LogP contribution in [0, 0.1) is 12.3 Å². The molecule has 18 heavy (non-hydrogen) atoms. The molecule has 0 aromatic heterocycles. The van der Waals surface area contributed by atoms with Gasteiger partial charge in [-0.25, -0.2) is 0 Å². The lowest BCUT2D eigenvalue weighted by molar-refractivity contribution is -0.157. The molecule has 1 aromatic carbocycles. The van der Waals surface area contributed by atoms with Crippen molar-refractivity contribution in [2.45, 2.75) is 51.7 Å². The molecular formula is C16H23NO. The summed E-state index contributed by atoms with van der Waals surface area (Å²) in [5.41, 5.74) is 3.03. The molecule has 0 saturated heterocycles. The number of nitrogens with one attached hydrogen (secondary N) is 1. The highest BCUT2D eigenvalue weighted by Crippen LogP contribution is 2.58. The zero-order valence-electron chi connectivity index (χ0n) is 11.4. The molecule has 1 N–H and O–H groups in total. The van der Waals surface area contributed by atoms with E-state index in [1.54, 1.807) is 0 Å². The van der Waals surface area contributed by atoms with Crippen LogP contribution in [0.15, 0.2) is 24.3 Å². The molecule has 0 radical (unpaired) electrons. The van der Waals surface area contributed by atoms with Crippen LogP contribution in [0.3, 0.4) is 0 Å². The second-order valence-electron chi connectivity index (χ2n) is 5.83. The van der Waals surface area contributed by atoms with E-state index in [2.05, 4.69) is 43.4 Å². The first-order valence-corrected chi connectivity index (χ1v) is 7.19. The van der Waals surface area contributed by atoms with Gasteiger partial charge in [-0.3, -0.25) is 0 Å². The van der Waals surface area contributed by atoms with Gasteiger partial charge in [-0.2, -0.15) is 0 Å². The Hall–Kier alpha value is -1.02. The van der Waals surface area contributed by atoms with Gasteiger partial charge in [0.15, 0.2) is 0 Å². The first kappa shape index (κ1) is 12.0. The number of ether oxygens (including phenoxy) is 1. The SMILES string of the molecule is CCOC1CC(Nc2cccc(C)c2)C12CCC2. The molecule has 2 nitrogen and oxygen atoms in total. The molecule has 0 amide bonds. The van der Waals surface area contributed by atoms with Gasteiger partial charge in [-0.1, -0.05) is 18.6 Å². The van der Waals surface area contributed by atoms with E-state index in [-0.39, 0.29) is 0 Å². The summed E-state index contributed by atoms with van der Waals surface area (Å²) in [6.45, 7) is 5.10. The molecule has 2 aliphatic carbocycles. The van der Waals surface area contributed by atoms with Gasteiger partial charge in [-0.05, 0) is 50.8 Å². The molecule has 0 bridgehead atoms. The maximum Gasteiger partial charge on any atom is 0.0670 e. The third kappa shape index (κ3) is 1.83. The molecule has 2 saturated carbocycles. The van der Waals surface area contributed by atoms with Crippen LogP contribution in [0.4, 0.5) is 5.69 Å². The highest BCUT2D eigenvalue weighted by Gasteiger charge is 2.58. The highest BCUT2D eigenvalue weighted by molar-refractivity contribution is 5.47. The summed E-state index contributed by atoms with van der Waals surface area (Å²) in [5, 5.41) is 3.72. The van der Waals surface area contributed by atoms with Crippen LogP contribution in [0.1, 0.15) is 38.2 Å². The van der Waals surface area contributed by atoms with Crippen LogP contribution in [0.5, 0.6) is 0 Å². The van der Waals surface area contributed by atoms with Crippen LogP contribution in [0.25, 0.3) is 0 Å². The molecule has 98 valence electrons. The fourth-order valence-corrected chi connectivity index (χ4v) is 3.58. The smallest absolute Gasteiger partial charge is 0.0670 e. The predicted molar refractivity (Wildman–Crippen MR) is 74.9 cm³/mol. The number of hydrogen-bond acceptors (Lipinski definition) is 2. The van der Waals surface area contributed by atoms with Crippen molar-refractivity contribution in [1.29, 1.82) is 0 Å². The van der Waals surface area contributed by atoms with Crippen molar-refractivity contribution in [3.63, 3.8) is 0 Å². The molecule has 2 fully saturated rings. The van der Waals surface area contributed by atoms with Crippen molar-refractivity contribution >= 4 is 5.69 Å². The molecule has 1 aromatic rings. The van der Waals surface area contributed by atoms with Gasteiger partial charge in [0, 0.05) is 23.8 Å². The summed E-state index contributed by atoms with van der Waals surface area (Å²) in [4.78, 5) is 0. The van der Waals surface area contributed by atoms with Crippen molar-refractivity contribution in [2.75, 3.05) is 11.9 Å². The van der Waals surface area contributed by atoms with Gasteiger partial charge in [0.05, 0.1) is 6.10 Å². The van der Waals surface area contributed by atoms with Gasteiger partial charge in [0.1, 0.15) is 0 Å². The normalized spacial score (nSPS) is 28.6. The molecule has 2 unspecified atom stereocenters. The number of benzene rings is 1. The second-order valence-corrected chi connectivity index (χ2v) is 5.83. The van der Waals surface area contributed by atoms with E-state index in [1.165, 1.54) is 36.9 Å². The van der Waals surface area contributed by atoms with Crippen molar-refractivity contribution in [1.82, 2.24) is 0 Å². The topological polar surface area (TPSA) is 21.3 Å². The van der Waals surface area contributed by atoms with E-state index in [4.69, 9.17) is 4.74 Å². The Morgan fingerprint density at radius 2 is 2.22 bits per heavy atom. The van der Waals surface area contributed by atoms with Crippen LogP contribution in [0.2, 0.25) is 0 Å². The molecule has 2 atom stereocenters. The summed E-state index contributed by atoms with van der Waals surface area (Å²) in [6.07, 6.45) is 5.71. The fourth-order valence-electron chi connectivity index (χ4n) is 3.58. The van der Waals surface area contributed by atoms with Crippen molar-refractivity contribution in [3.05, 3.63) is 29.8 Å². The third-order valence-corrected chi connectivity index (χ3v) is 4.80. The molecule has 2 heteroatoms. The van der Waals surface area contributed by atoms with E-state index < -0.39 is 0 Å². The highest BCUT2D eigenvalue weighted by atomic mass is 16.5. The van der Waals surface area contributed by atoms with Crippen LogP contribution in [-0.2, 0) is 4.74 Å². The largest absolute Gasteiger partial charge is 0.382 e. The Bertz CT molecular complexity index is 425. The zero-order valence-corrected chi connectivity index (χ0v) is 11.4. The Balaban J connectivity index is 1.68. The van der Waals surface area contributed by atoms with Crippen LogP contribution in [-0.4, -0.2) is 18.8 Å². The Labute approximate surface area is 110 Å². The van der Waals surface area contributed by atoms with Gasteiger partial charge in [0.25, 0.3) is 0 Å². The first-order chi connectivity index (χ1) is 8.74. The molecule has 1 spiro atoms. The van der Waals surface area contributed by atoms with E-state index in [1.807, 2.05) is 0 Å². The second kappa shape index (κ2) is 4.58. The van der Waals surface area contributed by atoms with Gasteiger partial charge < -0.3 is 10.1 Å². The Kier molecular flexibility index (Phi) is 3.06. The lowest BCUT2D eigenvalue weighted by Crippen LogP contribution is -2.64. The maximum atomic E-state index is 5.89. The minimum absolute atomic E-state index is 0.444. The quantitative estimate of drug-likeness (QED) is 0.872. The van der Waals surface area contributed by atoms with Crippen molar-refractivity contribution in [3.8, 4) is 0 Å². The first-order valence-electron chi connectivity index (χ1n) is 7.19. The minimum atomic E-state index is 0.444. The summed E-state index contributed by atoms with van der Waals surface area (Å²) in [6, 6.07) is 9.30. The van der Waals surface area contributed by atoms with E-state index in [0.717, 1.165) is 6.61 Å². The summed E-state index contributed by atoms with van der Waals surface area (Å²) >= 11 is 0. The van der Waals surface area contributed by atoms with Gasteiger partial charge >= 0.3 is 0 Å². The van der Waals surface area contributed by atoms with E-state index in [9.17, 15) is 0 Å². The van der Waals surface area contributed by atoms with E-state index in [0.29, 0.717) is 17.6 Å².